The Kier molecular flexibility index (Phi) is 5.40. The van der Waals surface area contributed by atoms with Crippen LogP contribution in [0.25, 0.3) is 6.08 Å². The standard InChI is InChI=1S/C18H18ClN3O3/c19-15-4-1-3-14(13-15)6-7-20-18(24)22-10-8-21(9-11-22)17(23)16-5-2-12-25-16/h1-7,12-13H,8-11H2,(H,20,24)/b7-6+. The van der Waals surface area contributed by atoms with Crippen LogP contribution in [0.2, 0.25) is 5.02 Å². The zero-order valence-corrected chi connectivity index (χ0v) is 14.3. The number of furan rings is 1. The third kappa shape index (κ3) is 4.42. The predicted octanol–water partition coefficient (Wildman–Crippen LogP) is 3.07. The number of piperazine rings is 1. The van der Waals surface area contributed by atoms with E-state index in [9.17, 15) is 9.59 Å². The average Bonchev–Trinajstić information content (AvgIpc) is 3.16. The van der Waals surface area contributed by atoms with Gasteiger partial charge in [-0.1, -0.05) is 23.7 Å². The molecule has 0 saturated carbocycles. The molecule has 0 radical (unpaired) electrons. The molecule has 1 aliphatic rings. The van der Waals surface area contributed by atoms with Gasteiger partial charge >= 0.3 is 6.03 Å². The molecule has 7 heteroatoms. The molecule has 2 aromatic rings. The Morgan fingerprint density at radius 1 is 1.08 bits per heavy atom. The van der Waals surface area contributed by atoms with Gasteiger partial charge in [0.2, 0.25) is 0 Å². The van der Waals surface area contributed by atoms with Crippen LogP contribution in [0.5, 0.6) is 0 Å². The van der Waals surface area contributed by atoms with Crippen LogP contribution in [0.4, 0.5) is 4.79 Å². The highest BCUT2D eigenvalue weighted by atomic mass is 35.5. The maximum absolute atomic E-state index is 12.2. The van der Waals surface area contributed by atoms with Crippen molar-refractivity contribution in [3.63, 3.8) is 0 Å². The summed E-state index contributed by atoms with van der Waals surface area (Å²) < 4.78 is 5.12. The van der Waals surface area contributed by atoms with E-state index in [0.29, 0.717) is 37.0 Å². The van der Waals surface area contributed by atoms with Gasteiger partial charge < -0.3 is 19.5 Å². The predicted molar refractivity (Wildman–Crippen MR) is 95.2 cm³/mol. The number of hydrogen-bond donors (Lipinski definition) is 1. The first kappa shape index (κ1) is 17.1. The van der Waals surface area contributed by atoms with Gasteiger partial charge in [0.15, 0.2) is 5.76 Å². The lowest BCUT2D eigenvalue weighted by atomic mass is 10.2. The Bertz CT molecular complexity index is 766. The largest absolute Gasteiger partial charge is 0.459 e. The first-order chi connectivity index (χ1) is 12.1. The summed E-state index contributed by atoms with van der Waals surface area (Å²) in [6.45, 7) is 1.91. The van der Waals surface area contributed by atoms with E-state index in [4.69, 9.17) is 16.0 Å². The van der Waals surface area contributed by atoms with Crippen LogP contribution in [0, 0.1) is 0 Å². The van der Waals surface area contributed by atoms with Gasteiger partial charge in [0.25, 0.3) is 5.91 Å². The van der Waals surface area contributed by atoms with Crippen molar-refractivity contribution in [2.24, 2.45) is 0 Å². The van der Waals surface area contributed by atoms with Crippen LogP contribution in [0.3, 0.4) is 0 Å². The summed E-state index contributed by atoms with van der Waals surface area (Å²) in [5.74, 6) is 0.174. The molecule has 1 fully saturated rings. The van der Waals surface area contributed by atoms with E-state index in [-0.39, 0.29) is 11.9 Å². The number of hydrogen-bond acceptors (Lipinski definition) is 3. The molecule has 0 unspecified atom stereocenters. The topological polar surface area (TPSA) is 65.8 Å². The van der Waals surface area contributed by atoms with E-state index in [0.717, 1.165) is 5.56 Å². The van der Waals surface area contributed by atoms with Gasteiger partial charge in [-0.2, -0.15) is 0 Å². The Labute approximate surface area is 150 Å². The molecule has 1 aliphatic heterocycles. The third-order valence-corrected chi connectivity index (χ3v) is 4.15. The van der Waals surface area contributed by atoms with Crippen molar-refractivity contribution in [3.05, 3.63) is 65.2 Å². The summed E-state index contributed by atoms with van der Waals surface area (Å²) in [6, 6.07) is 10.5. The number of urea groups is 1. The minimum absolute atomic E-state index is 0.147. The summed E-state index contributed by atoms with van der Waals surface area (Å²) in [4.78, 5) is 27.7. The lowest BCUT2D eigenvalue weighted by Gasteiger charge is -2.34. The monoisotopic (exact) mass is 359 g/mol. The first-order valence-corrected chi connectivity index (χ1v) is 8.31. The van der Waals surface area contributed by atoms with E-state index < -0.39 is 0 Å². The molecule has 25 heavy (non-hydrogen) atoms. The second-order valence-corrected chi connectivity index (χ2v) is 6.03. The maximum Gasteiger partial charge on any atom is 0.321 e. The molecular weight excluding hydrogens is 342 g/mol. The fraction of sp³-hybridized carbons (Fsp3) is 0.222. The fourth-order valence-electron chi connectivity index (χ4n) is 2.58. The first-order valence-electron chi connectivity index (χ1n) is 7.94. The van der Waals surface area contributed by atoms with Crippen molar-refractivity contribution in [2.75, 3.05) is 26.2 Å². The highest BCUT2D eigenvalue weighted by Gasteiger charge is 2.25. The Hall–Kier alpha value is -2.73. The molecule has 1 saturated heterocycles. The summed E-state index contributed by atoms with van der Waals surface area (Å²) in [5, 5.41) is 3.38. The van der Waals surface area contributed by atoms with Crippen LogP contribution in [-0.2, 0) is 0 Å². The number of amides is 3. The van der Waals surface area contributed by atoms with E-state index >= 15 is 0 Å². The second-order valence-electron chi connectivity index (χ2n) is 5.59. The average molecular weight is 360 g/mol. The molecule has 130 valence electrons. The minimum Gasteiger partial charge on any atom is -0.459 e. The van der Waals surface area contributed by atoms with Crippen molar-refractivity contribution < 1.29 is 14.0 Å². The van der Waals surface area contributed by atoms with Crippen molar-refractivity contribution in [1.29, 1.82) is 0 Å². The van der Waals surface area contributed by atoms with Crippen LogP contribution in [0.1, 0.15) is 16.1 Å². The van der Waals surface area contributed by atoms with Crippen LogP contribution in [-0.4, -0.2) is 47.9 Å². The molecular formula is C18H18ClN3O3. The molecule has 0 bridgehead atoms. The Morgan fingerprint density at radius 2 is 1.84 bits per heavy atom. The lowest BCUT2D eigenvalue weighted by Crippen LogP contribution is -2.52. The molecule has 0 atom stereocenters. The number of nitrogens with one attached hydrogen (secondary N) is 1. The Balaban J connectivity index is 1.47. The van der Waals surface area contributed by atoms with Gasteiger partial charge in [-0.05, 0) is 35.9 Å². The highest BCUT2D eigenvalue weighted by molar-refractivity contribution is 6.30. The second kappa shape index (κ2) is 7.90. The van der Waals surface area contributed by atoms with Gasteiger partial charge in [0.1, 0.15) is 0 Å². The van der Waals surface area contributed by atoms with Crippen molar-refractivity contribution in [1.82, 2.24) is 15.1 Å². The SMILES string of the molecule is O=C(N/C=C/c1cccc(Cl)c1)N1CCN(C(=O)c2ccco2)CC1. The molecule has 1 aromatic carbocycles. The molecule has 2 heterocycles. The van der Waals surface area contributed by atoms with Gasteiger partial charge in [-0.25, -0.2) is 4.79 Å². The van der Waals surface area contributed by atoms with E-state index in [1.54, 1.807) is 40.3 Å². The molecule has 0 spiro atoms. The van der Waals surface area contributed by atoms with Crippen molar-refractivity contribution in [2.45, 2.75) is 0 Å². The molecule has 1 aromatic heterocycles. The smallest absolute Gasteiger partial charge is 0.321 e. The number of nitrogens with zero attached hydrogens (tertiary/aromatic N) is 2. The molecule has 3 rings (SSSR count). The van der Waals surface area contributed by atoms with E-state index in [1.165, 1.54) is 6.26 Å². The van der Waals surface area contributed by atoms with Crippen LogP contribution < -0.4 is 5.32 Å². The normalized spacial score (nSPS) is 14.8. The van der Waals surface area contributed by atoms with E-state index in [2.05, 4.69) is 5.32 Å². The quantitative estimate of drug-likeness (QED) is 0.915. The maximum atomic E-state index is 12.2. The summed E-state index contributed by atoms with van der Waals surface area (Å²) >= 11 is 5.92. The van der Waals surface area contributed by atoms with E-state index in [1.807, 2.05) is 18.2 Å². The number of benzene rings is 1. The van der Waals surface area contributed by atoms with Crippen molar-refractivity contribution >= 4 is 29.6 Å². The van der Waals surface area contributed by atoms with Gasteiger partial charge in [-0.3, -0.25) is 4.79 Å². The summed E-state index contributed by atoms with van der Waals surface area (Å²) in [5.41, 5.74) is 0.904. The third-order valence-electron chi connectivity index (χ3n) is 3.92. The van der Waals surface area contributed by atoms with Crippen molar-refractivity contribution in [3.8, 4) is 0 Å². The molecule has 0 aliphatic carbocycles. The minimum atomic E-state index is -0.191. The summed E-state index contributed by atoms with van der Waals surface area (Å²) in [6.07, 6.45) is 4.85. The number of carbonyl (C=O) groups excluding carboxylic acids is 2. The zero-order chi connectivity index (χ0) is 17.6. The lowest BCUT2D eigenvalue weighted by molar-refractivity contribution is 0.0636. The van der Waals surface area contributed by atoms with Crippen LogP contribution in [0.15, 0.2) is 53.3 Å². The summed E-state index contributed by atoms with van der Waals surface area (Å²) in [7, 11) is 0. The number of rotatable bonds is 3. The fourth-order valence-corrected chi connectivity index (χ4v) is 2.78. The zero-order valence-electron chi connectivity index (χ0n) is 13.5. The molecule has 1 N–H and O–H groups in total. The highest BCUT2D eigenvalue weighted by Crippen LogP contribution is 2.12. The molecule has 3 amide bonds. The Morgan fingerprint density at radius 3 is 2.52 bits per heavy atom. The van der Waals surface area contributed by atoms with Gasteiger partial charge in [0.05, 0.1) is 6.26 Å². The number of carbonyl (C=O) groups is 2. The number of halogens is 1. The van der Waals surface area contributed by atoms with Gasteiger partial charge in [0, 0.05) is 37.4 Å². The van der Waals surface area contributed by atoms with Crippen LogP contribution >= 0.6 is 11.6 Å². The van der Waals surface area contributed by atoms with Gasteiger partial charge in [-0.15, -0.1) is 0 Å². The molecule has 6 nitrogen and oxygen atoms in total.